The molecule has 2 aromatic carbocycles. The number of aliphatic hydroxyl groups is 1. The van der Waals surface area contributed by atoms with E-state index in [2.05, 4.69) is 22.7 Å². The van der Waals surface area contributed by atoms with Gasteiger partial charge in [0, 0.05) is 5.69 Å². The molecule has 1 amide bonds. The van der Waals surface area contributed by atoms with Crippen LogP contribution in [0.1, 0.15) is 36.1 Å². The van der Waals surface area contributed by atoms with Crippen molar-refractivity contribution in [3.8, 4) is 12.1 Å². The van der Waals surface area contributed by atoms with Gasteiger partial charge in [-0.05, 0) is 48.7 Å². The molecule has 2 rings (SSSR count). The highest BCUT2D eigenvalue weighted by molar-refractivity contribution is 6.33. The van der Waals surface area contributed by atoms with E-state index in [-0.39, 0.29) is 0 Å². The molecule has 4 N–H and O–H groups in total. The van der Waals surface area contributed by atoms with Crippen molar-refractivity contribution in [3.63, 3.8) is 0 Å². The molecule has 0 aromatic heterocycles. The number of rotatable bonds is 8. The molecule has 30 heavy (non-hydrogen) atoms. The SMILES string of the molecule is C=C(NNC(=O)C(Nc1ccc(C#N)c(Cl)c1CC)[C@H](C)O)c1ccc(C#N)cc1. The number of benzene rings is 2. The third kappa shape index (κ3) is 5.30. The van der Waals surface area contributed by atoms with Crippen LogP contribution in [0.2, 0.25) is 5.02 Å². The molecule has 0 radical (unpaired) electrons. The van der Waals surface area contributed by atoms with Crippen LogP contribution >= 0.6 is 11.6 Å². The Kier molecular flexibility index (Phi) is 7.83. The van der Waals surface area contributed by atoms with E-state index in [1.54, 1.807) is 36.4 Å². The lowest BCUT2D eigenvalue weighted by molar-refractivity contribution is -0.124. The number of hydrazine groups is 1. The Morgan fingerprint density at radius 1 is 1.17 bits per heavy atom. The summed E-state index contributed by atoms with van der Waals surface area (Å²) >= 11 is 6.28. The van der Waals surface area contributed by atoms with Crippen molar-refractivity contribution < 1.29 is 9.90 Å². The van der Waals surface area contributed by atoms with Crippen LogP contribution in [0.25, 0.3) is 5.70 Å². The summed E-state index contributed by atoms with van der Waals surface area (Å²) in [6.07, 6.45) is -0.479. The van der Waals surface area contributed by atoms with Crippen molar-refractivity contribution in [2.75, 3.05) is 5.32 Å². The summed E-state index contributed by atoms with van der Waals surface area (Å²) in [4.78, 5) is 12.7. The summed E-state index contributed by atoms with van der Waals surface area (Å²) in [6.45, 7) is 7.23. The number of carbonyl (C=O) groups excluding carboxylic acids is 1. The fourth-order valence-corrected chi connectivity index (χ4v) is 3.13. The van der Waals surface area contributed by atoms with Crippen molar-refractivity contribution >= 4 is 28.9 Å². The van der Waals surface area contributed by atoms with Crippen molar-refractivity contribution in [2.24, 2.45) is 0 Å². The summed E-state index contributed by atoms with van der Waals surface area (Å²) in [5, 5.41) is 31.5. The van der Waals surface area contributed by atoms with Crippen LogP contribution in [-0.2, 0) is 11.2 Å². The first-order valence-electron chi connectivity index (χ1n) is 9.23. The number of anilines is 1. The zero-order valence-electron chi connectivity index (χ0n) is 16.7. The summed E-state index contributed by atoms with van der Waals surface area (Å²) in [5.74, 6) is -0.512. The van der Waals surface area contributed by atoms with Gasteiger partial charge in [0.25, 0.3) is 5.91 Å². The summed E-state index contributed by atoms with van der Waals surface area (Å²) < 4.78 is 0. The van der Waals surface area contributed by atoms with Gasteiger partial charge >= 0.3 is 0 Å². The van der Waals surface area contributed by atoms with Crippen molar-refractivity contribution in [3.05, 3.63) is 70.3 Å². The van der Waals surface area contributed by atoms with E-state index >= 15 is 0 Å². The van der Waals surface area contributed by atoms with E-state index in [1.165, 1.54) is 6.92 Å². The van der Waals surface area contributed by atoms with E-state index in [4.69, 9.17) is 22.1 Å². The van der Waals surface area contributed by atoms with Crippen molar-refractivity contribution in [1.29, 1.82) is 10.5 Å². The molecular weight excluding hydrogens is 402 g/mol. The lowest BCUT2D eigenvalue weighted by Gasteiger charge is -2.24. The largest absolute Gasteiger partial charge is 0.391 e. The number of halogens is 1. The highest BCUT2D eigenvalue weighted by Crippen LogP contribution is 2.29. The summed E-state index contributed by atoms with van der Waals surface area (Å²) in [7, 11) is 0. The van der Waals surface area contributed by atoms with Gasteiger partial charge in [-0.25, -0.2) is 0 Å². The highest BCUT2D eigenvalue weighted by Gasteiger charge is 2.25. The quantitative estimate of drug-likeness (QED) is 0.484. The first-order valence-corrected chi connectivity index (χ1v) is 9.61. The summed E-state index contributed by atoms with van der Waals surface area (Å²) in [5.41, 5.74) is 8.47. The Balaban J connectivity index is 2.12. The molecule has 8 heteroatoms. The Bertz CT molecular complexity index is 1020. The molecule has 2 aromatic rings. The average Bonchev–Trinajstić information content (AvgIpc) is 2.75. The van der Waals surface area contributed by atoms with Gasteiger partial charge in [0.1, 0.15) is 12.1 Å². The Hall–Kier alpha value is -3.52. The third-order valence-electron chi connectivity index (χ3n) is 4.49. The van der Waals surface area contributed by atoms with Gasteiger partial charge in [0.05, 0.1) is 34.0 Å². The molecule has 0 bridgehead atoms. The third-order valence-corrected chi connectivity index (χ3v) is 4.92. The molecule has 7 nitrogen and oxygen atoms in total. The van der Waals surface area contributed by atoms with Crippen molar-refractivity contribution in [2.45, 2.75) is 32.4 Å². The Morgan fingerprint density at radius 2 is 1.83 bits per heavy atom. The van der Waals surface area contributed by atoms with Gasteiger partial charge in [-0.3, -0.25) is 15.6 Å². The number of hydrogen-bond acceptors (Lipinski definition) is 6. The van der Waals surface area contributed by atoms with Crippen molar-refractivity contribution in [1.82, 2.24) is 10.9 Å². The van der Waals surface area contributed by atoms with Crippen LogP contribution in [-0.4, -0.2) is 23.2 Å². The smallest absolute Gasteiger partial charge is 0.263 e. The van der Waals surface area contributed by atoms with Crippen LogP contribution in [0.3, 0.4) is 0 Å². The Morgan fingerprint density at radius 3 is 2.37 bits per heavy atom. The fourth-order valence-electron chi connectivity index (χ4n) is 2.79. The highest BCUT2D eigenvalue weighted by atomic mass is 35.5. The van der Waals surface area contributed by atoms with E-state index in [1.807, 2.05) is 19.1 Å². The fraction of sp³-hybridized carbons (Fsp3) is 0.227. The molecule has 0 saturated carbocycles. The molecular formula is C22H22ClN5O2. The van der Waals surface area contributed by atoms with Crippen LogP contribution in [0.15, 0.2) is 43.0 Å². The monoisotopic (exact) mass is 423 g/mol. The molecule has 0 saturated heterocycles. The maximum atomic E-state index is 12.7. The van der Waals surface area contributed by atoms with E-state index in [0.717, 1.165) is 0 Å². The van der Waals surface area contributed by atoms with Crippen LogP contribution in [0.4, 0.5) is 5.69 Å². The normalized spacial score (nSPS) is 12.1. The number of carbonyl (C=O) groups is 1. The minimum Gasteiger partial charge on any atom is -0.391 e. The zero-order chi connectivity index (χ0) is 22.3. The molecule has 0 aliphatic heterocycles. The van der Waals surface area contributed by atoms with Gasteiger partial charge in [-0.1, -0.05) is 37.2 Å². The predicted octanol–water partition coefficient (Wildman–Crippen LogP) is 3.10. The average molecular weight is 424 g/mol. The maximum Gasteiger partial charge on any atom is 0.263 e. The number of aliphatic hydroxyl groups excluding tert-OH is 1. The number of nitrogens with zero attached hydrogens (tertiary/aromatic N) is 2. The zero-order valence-corrected chi connectivity index (χ0v) is 17.4. The molecule has 0 heterocycles. The Labute approximate surface area is 180 Å². The minimum absolute atomic E-state index is 0.321. The number of nitrogens with one attached hydrogen (secondary N) is 3. The molecule has 2 atom stereocenters. The van der Waals surface area contributed by atoms with E-state index in [0.29, 0.717) is 45.1 Å². The maximum absolute atomic E-state index is 12.7. The van der Waals surface area contributed by atoms with E-state index in [9.17, 15) is 9.90 Å². The van der Waals surface area contributed by atoms with Gasteiger partial charge in [-0.15, -0.1) is 0 Å². The lowest BCUT2D eigenvalue weighted by atomic mass is 10.0. The molecule has 154 valence electrons. The van der Waals surface area contributed by atoms with Gasteiger partial charge < -0.3 is 10.4 Å². The number of hydrogen-bond donors (Lipinski definition) is 4. The predicted molar refractivity (Wildman–Crippen MR) is 116 cm³/mol. The molecule has 1 unspecified atom stereocenters. The van der Waals surface area contributed by atoms with Crippen LogP contribution < -0.4 is 16.2 Å². The minimum atomic E-state index is -1.02. The topological polar surface area (TPSA) is 121 Å². The molecule has 0 aliphatic rings. The van der Waals surface area contributed by atoms with Crippen LogP contribution in [0, 0.1) is 22.7 Å². The molecule has 0 aliphatic carbocycles. The van der Waals surface area contributed by atoms with Crippen LogP contribution in [0.5, 0.6) is 0 Å². The van der Waals surface area contributed by atoms with E-state index < -0.39 is 18.1 Å². The lowest BCUT2D eigenvalue weighted by Crippen LogP contribution is -2.50. The second-order valence-corrected chi connectivity index (χ2v) is 6.94. The number of nitriles is 2. The first-order chi connectivity index (χ1) is 14.3. The number of amides is 1. The second kappa shape index (κ2) is 10.3. The standard InChI is InChI=1S/C22H22ClN5O2/c1-4-18-19(10-9-17(12-25)20(18)23)26-21(14(3)29)22(30)28-27-13(2)16-7-5-15(11-24)6-8-16/h5-10,14,21,26-27,29H,2,4H2,1,3H3,(H,28,30)/t14-,21?/m0/s1. The second-order valence-electron chi connectivity index (χ2n) is 6.56. The van der Waals surface area contributed by atoms with Gasteiger partial charge in [0.15, 0.2) is 0 Å². The first kappa shape index (κ1) is 22.8. The molecule has 0 spiro atoms. The molecule has 0 fully saturated rings. The summed E-state index contributed by atoms with van der Waals surface area (Å²) in [6, 6.07) is 13.0. The van der Waals surface area contributed by atoms with Gasteiger partial charge in [-0.2, -0.15) is 10.5 Å². The van der Waals surface area contributed by atoms with Gasteiger partial charge in [0.2, 0.25) is 0 Å².